The van der Waals surface area contributed by atoms with Crippen LogP contribution in [0.2, 0.25) is 0 Å². The van der Waals surface area contributed by atoms with Crippen molar-refractivity contribution in [3.8, 4) is 28.1 Å². The van der Waals surface area contributed by atoms with Crippen LogP contribution in [0.15, 0.2) is 78.7 Å². The fraction of sp³-hybridized carbons (Fsp3) is 0.273. The van der Waals surface area contributed by atoms with E-state index in [1.54, 1.807) is 18.4 Å². The molecule has 43 heavy (non-hydrogen) atoms. The van der Waals surface area contributed by atoms with E-state index in [1.807, 2.05) is 0 Å². The van der Waals surface area contributed by atoms with Crippen molar-refractivity contribution >= 4 is 55.3 Å². The molecular formula is C33H33CaFN2O6. The number of aliphatic hydroxyl groups excluding tert-OH is 2. The fourth-order valence-corrected chi connectivity index (χ4v) is 4.94. The van der Waals surface area contributed by atoms with Gasteiger partial charge in [0.1, 0.15) is 5.82 Å². The van der Waals surface area contributed by atoms with E-state index in [0.29, 0.717) is 11.3 Å². The van der Waals surface area contributed by atoms with Crippen LogP contribution in [0.5, 0.6) is 5.75 Å². The monoisotopic (exact) mass is 617 g/mol. The van der Waals surface area contributed by atoms with Gasteiger partial charge in [-0.3, -0.25) is 4.79 Å². The molecule has 0 saturated heterocycles. The summed E-state index contributed by atoms with van der Waals surface area (Å²) in [4.78, 5) is 25.2. The molecule has 0 radical (unpaired) electrons. The SMILES string of the molecule is [2H]c1c([2H])c([2H])c(-c2c(C(=O)Nc3ccc([O-])cc3)c(C(C)C)n(CC[C@@H](O)C[C@@H](O)CC(=O)[O-])c2-c2ccc(F)cc2)c([2H])c1[2H].[Ca+2]. The van der Waals surface area contributed by atoms with Crippen LogP contribution in [-0.2, 0) is 11.3 Å². The Balaban J connectivity index is 0.00000625. The molecule has 8 nitrogen and oxygen atoms in total. The third kappa shape index (κ3) is 8.68. The summed E-state index contributed by atoms with van der Waals surface area (Å²) in [5, 5.41) is 46.2. The first-order valence-corrected chi connectivity index (χ1v) is 13.4. The first-order chi connectivity index (χ1) is 22.1. The van der Waals surface area contributed by atoms with Crippen LogP contribution in [0.25, 0.3) is 22.4 Å². The quantitative estimate of drug-likeness (QED) is 0.208. The summed E-state index contributed by atoms with van der Waals surface area (Å²) in [6, 6.07) is 7.38. The summed E-state index contributed by atoms with van der Waals surface area (Å²) >= 11 is 0. The maximum absolute atomic E-state index is 14.3. The van der Waals surface area contributed by atoms with Crippen molar-refractivity contribution in [2.75, 3.05) is 5.32 Å². The number of halogens is 1. The molecule has 1 aromatic heterocycles. The molecule has 0 aliphatic carbocycles. The number of anilines is 1. The first-order valence-electron chi connectivity index (χ1n) is 15.9. The molecule has 0 aliphatic rings. The van der Waals surface area contributed by atoms with E-state index in [-0.39, 0.29) is 90.9 Å². The predicted molar refractivity (Wildman–Crippen MR) is 160 cm³/mol. The van der Waals surface area contributed by atoms with Crippen LogP contribution in [0.1, 0.15) is 61.9 Å². The first kappa shape index (κ1) is 27.3. The zero-order valence-corrected chi connectivity index (χ0v) is 25.9. The van der Waals surface area contributed by atoms with Gasteiger partial charge in [0.05, 0.1) is 30.3 Å². The summed E-state index contributed by atoms with van der Waals surface area (Å²) in [7, 11) is 0. The summed E-state index contributed by atoms with van der Waals surface area (Å²) < 4.78 is 58.3. The number of rotatable bonds is 12. The van der Waals surface area contributed by atoms with Gasteiger partial charge in [0.25, 0.3) is 5.91 Å². The summed E-state index contributed by atoms with van der Waals surface area (Å²) in [6.07, 6.45) is -3.63. The van der Waals surface area contributed by atoms with Crippen molar-refractivity contribution in [1.29, 1.82) is 0 Å². The van der Waals surface area contributed by atoms with Gasteiger partial charge in [0.2, 0.25) is 0 Å². The number of nitrogens with zero attached hydrogens (tertiary/aromatic N) is 1. The molecule has 0 spiro atoms. The van der Waals surface area contributed by atoms with Gasteiger partial charge < -0.3 is 35.1 Å². The Hall–Kier alpha value is -3.21. The Morgan fingerprint density at radius 2 is 1.60 bits per heavy atom. The number of benzene rings is 3. The number of hydrogen-bond acceptors (Lipinski definition) is 6. The van der Waals surface area contributed by atoms with Crippen molar-refractivity contribution in [2.24, 2.45) is 0 Å². The minimum Gasteiger partial charge on any atom is -0.872 e. The normalized spacial score (nSPS) is 14.0. The number of carboxylic acid groups (broad SMARTS) is 1. The molecule has 0 fully saturated rings. The number of carboxylic acids is 1. The number of amides is 1. The molecule has 0 aliphatic heterocycles. The summed E-state index contributed by atoms with van der Waals surface area (Å²) in [5.74, 6) is -3.52. The molecular weight excluding hydrogens is 579 g/mol. The van der Waals surface area contributed by atoms with Gasteiger partial charge in [-0.15, -0.1) is 5.75 Å². The largest absolute Gasteiger partial charge is 2.00 e. The zero-order chi connectivity index (χ0) is 34.7. The van der Waals surface area contributed by atoms with Crippen LogP contribution in [-0.4, -0.2) is 76.6 Å². The van der Waals surface area contributed by atoms with Crippen LogP contribution in [0.3, 0.4) is 0 Å². The molecule has 220 valence electrons. The maximum atomic E-state index is 14.3. The van der Waals surface area contributed by atoms with E-state index in [9.17, 15) is 34.4 Å². The van der Waals surface area contributed by atoms with Gasteiger partial charge >= 0.3 is 37.7 Å². The van der Waals surface area contributed by atoms with Crippen molar-refractivity contribution in [3.05, 3.63) is 95.8 Å². The molecule has 10 heteroatoms. The van der Waals surface area contributed by atoms with Crippen molar-refractivity contribution in [1.82, 2.24) is 4.57 Å². The number of carbonyl (C=O) groups is 2. The molecule has 4 rings (SSSR count). The van der Waals surface area contributed by atoms with Crippen molar-refractivity contribution in [2.45, 2.75) is 57.8 Å². The smallest absolute Gasteiger partial charge is 0.872 e. The number of hydrogen-bond donors (Lipinski definition) is 3. The molecule has 2 atom stereocenters. The Bertz CT molecular complexity index is 1770. The molecule has 3 N–H and O–H groups in total. The van der Waals surface area contributed by atoms with E-state index >= 15 is 0 Å². The molecule has 3 aromatic carbocycles. The summed E-state index contributed by atoms with van der Waals surface area (Å²) in [5.41, 5.74) is 0.792. The Morgan fingerprint density at radius 1 is 0.977 bits per heavy atom. The van der Waals surface area contributed by atoms with Gasteiger partial charge in [-0.25, -0.2) is 4.39 Å². The summed E-state index contributed by atoms with van der Waals surface area (Å²) in [6.45, 7) is 3.51. The van der Waals surface area contributed by atoms with Gasteiger partial charge in [-0.05, 0) is 66.3 Å². The third-order valence-corrected chi connectivity index (χ3v) is 6.69. The Morgan fingerprint density at radius 3 is 2.19 bits per heavy atom. The molecule has 4 aromatic rings. The number of carbonyl (C=O) groups excluding carboxylic acids is 2. The second-order valence-electron chi connectivity index (χ2n) is 10.2. The average Bonchev–Trinajstić information content (AvgIpc) is 3.34. The third-order valence-electron chi connectivity index (χ3n) is 6.69. The molecule has 0 unspecified atom stereocenters. The van der Waals surface area contributed by atoms with E-state index in [0.717, 1.165) is 0 Å². The van der Waals surface area contributed by atoms with Gasteiger partial charge in [-0.2, -0.15) is 0 Å². The van der Waals surface area contributed by atoms with E-state index in [4.69, 9.17) is 6.85 Å². The molecule has 1 heterocycles. The van der Waals surface area contributed by atoms with Gasteiger partial charge in [-0.1, -0.05) is 56.2 Å². The van der Waals surface area contributed by atoms with Crippen LogP contribution < -0.4 is 15.5 Å². The van der Waals surface area contributed by atoms with Crippen LogP contribution >= 0.6 is 0 Å². The minimum atomic E-state index is -1.49. The number of aromatic nitrogens is 1. The van der Waals surface area contributed by atoms with Crippen molar-refractivity contribution in [3.63, 3.8) is 0 Å². The van der Waals surface area contributed by atoms with Crippen molar-refractivity contribution < 1.29 is 41.3 Å². The predicted octanol–water partition coefficient (Wildman–Crippen LogP) is 3.67. The maximum Gasteiger partial charge on any atom is 2.00 e. The number of aliphatic carboxylic acids is 1. The van der Waals surface area contributed by atoms with Crippen LogP contribution in [0, 0.1) is 5.82 Å². The van der Waals surface area contributed by atoms with E-state index in [1.165, 1.54) is 48.5 Å². The topological polar surface area (TPSA) is 138 Å². The zero-order valence-electron chi connectivity index (χ0n) is 28.7. The standard InChI is InChI=1S/C33H35FN2O6.Ca/c1-20(2)31-30(33(42)35-24-12-14-25(37)15-13-24)29(21-6-4-3-5-7-21)32(22-8-10-23(34)11-9-22)36(31)17-16-26(38)18-27(39)19-28(40)41;/h3-15,20,26-27,37-39H,16-19H2,1-2H3,(H,35,42)(H,40,41);/q;+2/p-2/t26-,27-;/m1./s1/i3D,4D,5D,6D,7D;. The average molecular weight is 618 g/mol. The van der Waals surface area contributed by atoms with Gasteiger partial charge in [0, 0.05) is 35.9 Å². The molecule has 1 amide bonds. The Kier molecular flexibility index (Phi) is 9.85. The van der Waals surface area contributed by atoms with E-state index in [2.05, 4.69) is 5.32 Å². The number of nitrogens with one attached hydrogen (secondary N) is 1. The molecule has 0 bridgehead atoms. The second-order valence-corrected chi connectivity index (χ2v) is 10.2. The Labute approximate surface area is 286 Å². The van der Waals surface area contributed by atoms with Crippen LogP contribution in [0.4, 0.5) is 10.1 Å². The van der Waals surface area contributed by atoms with E-state index < -0.39 is 72.5 Å². The number of aliphatic hydroxyl groups is 2. The minimum absolute atomic E-state index is 0. The fourth-order valence-electron chi connectivity index (χ4n) is 4.94. The molecule has 0 saturated carbocycles. The second kappa shape index (κ2) is 15.5. The van der Waals surface area contributed by atoms with Gasteiger partial charge in [0.15, 0.2) is 0 Å².